The molecule has 3 atom stereocenters. The third-order valence-electron chi connectivity index (χ3n) is 9.46. The van der Waals surface area contributed by atoms with Crippen LogP contribution in [0.3, 0.4) is 0 Å². The second-order valence-corrected chi connectivity index (χ2v) is 11.8. The molecule has 8 nitrogen and oxygen atoms in total. The molecule has 5 aromatic rings. The first kappa shape index (κ1) is 23.3. The van der Waals surface area contributed by atoms with Crippen LogP contribution in [0, 0.1) is 12.8 Å². The van der Waals surface area contributed by atoms with Gasteiger partial charge in [-0.3, -0.25) is 9.67 Å². The molecule has 1 saturated heterocycles. The molecule has 1 unspecified atom stereocenters. The highest BCUT2D eigenvalue weighted by Crippen LogP contribution is 2.44. The van der Waals surface area contributed by atoms with E-state index in [1.165, 1.54) is 18.4 Å². The van der Waals surface area contributed by atoms with E-state index >= 15 is 0 Å². The Balaban J connectivity index is 1.13. The van der Waals surface area contributed by atoms with E-state index in [1.807, 2.05) is 30.0 Å². The fourth-order valence-electron chi connectivity index (χ4n) is 7.34. The molecule has 3 aliphatic rings. The standard InChI is InChI=1S/C31H33N7O/c1-18-27(21-15-35-37(17-21)23-3-5-24(39)6-4-23)13-31-34-16-30(38(31)36-18)26-8-9-32-29-11-19(2-7-25(26)29)28-12-22-10-20(28)14-33-22/h2,7-9,11,13,15-17,20,22-24,28,33,39H,3-6,10,12,14H2,1H3/t20-,22-,23?,24?,28?/m0/s1. The van der Waals surface area contributed by atoms with Gasteiger partial charge >= 0.3 is 0 Å². The number of pyridine rings is 1. The lowest BCUT2D eigenvalue weighted by atomic mass is 9.87. The van der Waals surface area contributed by atoms with Gasteiger partial charge in [-0.2, -0.15) is 10.2 Å². The monoisotopic (exact) mass is 519 g/mol. The Bertz CT molecular complexity index is 1700. The number of hydrogen-bond donors (Lipinski definition) is 2. The van der Waals surface area contributed by atoms with Crippen LogP contribution in [-0.2, 0) is 0 Å². The van der Waals surface area contributed by atoms with E-state index in [2.05, 4.69) is 51.6 Å². The van der Waals surface area contributed by atoms with Crippen LogP contribution in [0.15, 0.2) is 55.1 Å². The van der Waals surface area contributed by atoms with Gasteiger partial charge in [-0.1, -0.05) is 12.1 Å². The zero-order valence-electron chi connectivity index (χ0n) is 22.2. The van der Waals surface area contributed by atoms with Gasteiger partial charge in [-0.05, 0) is 87.6 Å². The molecule has 1 aromatic carbocycles. The summed E-state index contributed by atoms with van der Waals surface area (Å²) in [6.07, 6.45) is 13.8. The van der Waals surface area contributed by atoms with Gasteiger partial charge in [0.05, 0.1) is 41.4 Å². The SMILES string of the molecule is Cc1nn2c(-c3ccnc4cc(C5C[C@@H]6C[C@H]5CN6)ccc34)cnc2cc1-c1cnn(C2CCC(O)CC2)c1. The quantitative estimate of drug-likeness (QED) is 0.345. The molecule has 5 heterocycles. The molecule has 0 amide bonds. The van der Waals surface area contributed by atoms with Crippen molar-refractivity contribution in [2.45, 2.75) is 69.6 Å². The van der Waals surface area contributed by atoms with Crippen LogP contribution in [0.4, 0.5) is 0 Å². The molecule has 0 spiro atoms. The van der Waals surface area contributed by atoms with Crippen LogP contribution >= 0.6 is 0 Å². The van der Waals surface area contributed by atoms with E-state index in [0.717, 1.165) is 82.8 Å². The lowest BCUT2D eigenvalue weighted by Crippen LogP contribution is -2.28. The highest BCUT2D eigenvalue weighted by atomic mass is 16.3. The number of benzene rings is 1. The number of imidazole rings is 1. The largest absolute Gasteiger partial charge is 0.393 e. The Labute approximate surface area is 227 Å². The summed E-state index contributed by atoms with van der Waals surface area (Å²) in [5.74, 6) is 1.39. The number of hydrogen-bond acceptors (Lipinski definition) is 6. The fraction of sp³-hybridized carbons (Fsp3) is 0.419. The van der Waals surface area contributed by atoms with Crippen LogP contribution in [0.2, 0.25) is 0 Å². The van der Waals surface area contributed by atoms with Gasteiger partial charge in [0, 0.05) is 40.5 Å². The molecule has 1 aliphatic heterocycles. The number of nitrogens with zero attached hydrogens (tertiary/aromatic N) is 6. The van der Waals surface area contributed by atoms with Gasteiger partial charge in [0.25, 0.3) is 0 Å². The molecule has 2 N–H and O–H groups in total. The first-order valence-corrected chi connectivity index (χ1v) is 14.3. The van der Waals surface area contributed by atoms with Crippen LogP contribution in [-0.4, -0.2) is 53.2 Å². The number of rotatable bonds is 4. The van der Waals surface area contributed by atoms with Gasteiger partial charge in [0.2, 0.25) is 0 Å². The summed E-state index contributed by atoms with van der Waals surface area (Å²) in [4.78, 5) is 9.51. The molecular formula is C31H33N7O. The minimum absolute atomic E-state index is 0.167. The molecule has 0 radical (unpaired) electrons. The Hall–Kier alpha value is -3.62. The van der Waals surface area contributed by atoms with Crippen molar-refractivity contribution in [1.82, 2.24) is 34.7 Å². The summed E-state index contributed by atoms with van der Waals surface area (Å²) in [6, 6.07) is 12.1. The molecule has 198 valence electrons. The van der Waals surface area contributed by atoms with E-state index in [1.54, 1.807) is 0 Å². The summed E-state index contributed by atoms with van der Waals surface area (Å²) in [5.41, 5.74) is 8.37. The number of aromatic nitrogens is 6. The highest BCUT2D eigenvalue weighted by Gasteiger charge is 2.40. The maximum Gasteiger partial charge on any atom is 0.154 e. The number of aliphatic hydroxyl groups is 1. The van der Waals surface area contributed by atoms with Crippen LogP contribution in [0.5, 0.6) is 0 Å². The number of piperidine rings is 1. The molecule has 2 bridgehead atoms. The molecule has 4 aromatic heterocycles. The Morgan fingerprint density at radius 2 is 1.87 bits per heavy atom. The van der Waals surface area contributed by atoms with Crippen molar-refractivity contribution in [2.75, 3.05) is 6.54 Å². The maximum atomic E-state index is 9.86. The zero-order valence-corrected chi connectivity index (χ0v) is 22.2. The predicted octanol–water partition coefficient (Wildman–Crippen LogP) is 5.06. The highest BCUT2D eigenvalue weighted by molar-refractivity contribution is 5.94. The van der Waals surface area contributed by atoms with Crippen molar-refractivity contribution < 1.29 is 5.11 Å². The molecule has 8 heteroatoms. The molecule has 3 fully saturated rings. The Morgan fingerprint density at radius 3 is 2.69 bits per heavy atom. The van der Waals surface area contributed by atoms with Crippen molar-refractivity contribution in [3.05, 3.63) is 66.4 Å². The molecule has 2 saturated carbocycles. The van der Waals surface area contributed by atoms with Crippen LogP contribution < -0.4 is 5.32 Å². The van der Waals surface area contributed by atoms with Crippen molar-refractivity contribution in [3.8, 4) is 22.4 Å². The second kappa shape index (κ2) is 8.96. The van der Waals surface area contributed by atoms with Gasteiger partial charge in [0.1, 0.15) is 0 Å². The van der Waals surface area contributed by atoms with E-state index in [-0.39, 0.29) is 6.10 Å². The summed E-state index contributed by atoms with van der Waals surface area (Å²) >= 11 is 0. The lowest BCUT2D eigenvalue weighted by Gasteiger charge is -2.25. The van der Waals surface area contributed by atoms with E-state index < -0.39 is 0 Å². The smallest absolute Gasteiger partial charge is 0.154 e. The minimum atomic E-state index is -0.167. The third-order valence-corrected chi connectivity index (χ3v) is 9.46. The molecule has 39 heavy (non-hydrogen) atoms. The van der Waals surface area contributed by atoms with Crippen LogP contribution in [0.1, 0.15) is 61.7 Å². The molecule has 2 aliphatic carbocycles. The van der Waals surface area contributed by atoms with Crippen LogP contribution in [0.25, 0.3) is 38.9 Å². The second-order valence-electron chi connectivity index (χ2n) is 11.8. The van der Waals surface area contributed by atoms with Crippen molar-refractivity contribution >= 4 is 16.6 Å². The zero-order chi connectivity index (χ0) is 26.1. The minimum Gasteiger partial charge on any atom is -0.393 e. The average molecular weight is 520 g/mol. The summed E-state index contributed by atoms with van der Waals surface area (Å²) in [5, 5.41) is 24.3. The first-order valence-electron chi connectivity index (χ1n) is 14.3. The number of aryl methyl sites for hydroxylation is 1. The summed E-state index contributed by atoms with van der Waals surface area (Å²) in [6.45, 7) is 3.19. The third kappa shape index (κ3) is 3.88. The number of nitrogens with one attached hydrogen (secondary N) is 1. The topological polar surface area (TPSA) is 93.2 Å². The molecular weight excluding hydrogens is 486 g/mol. The van der Waals surface area contributed by atoms with Gasteiger partial charge in [0.15, 0.2) is 5.65 Å². The Kier molecular flexibility index (Phi) is 5.35. The van der Waals surface area contributed by atoms with E-state index in [4.69, 9.17) is 15.1 Å². The van der Waals surface area contributed by atoms with Gasteiger partial charge in [-0.25, -0.2) is 9.50 Å². The maximum absolute atomic E-state index is 9.86. The van der Waals surface area contributed by atoms with Gasteiger partial charge < -0.3 is 10.4 Å². The fourth-order valence-corrected chi connectivity index (χ4v) is 7.34. The van der Waals surface area contributed by atoms with Crippen molar-refractivity contribution in [3.63, 3.8) is 0 Å². The van der Waals surface area contributed by atoms with E-state index in [9.17, 15) is 5.11 Å². The van der Waals surface area contributed by atoms with Crippen molar-refractivity contribution in [2.24, 2.45) is 5.92 Å². The first-order chi connectivity index (χ1) is 19.1. The number of aliphatic hydroxyl groups excluding tert-OH is 1. The Morgan fingerprint density at radius 1 is 0.974 bits per heavy atom. The normalized spacial score (nSPS) is 26.7. The molecule has 8 rings (SSSR count). The van der Waals surface area contributed by atoms with Crippen molar-refractivity contribution in [1.29, 1.82) is 0 Å². The summed E-state index contributed by atoms with van der Waals surface area (Å²) < 4.78 is 4.02. The predicted molar refractivity (Wildman–Crippen MR) is 150 cm³/mol. The van der Waals surface area contributed by atoms with Gasteiger partial charge in [-0.15, -0.1) is 0 Å². The number of fused-ring (bicyclic) bond motifs is 4. The average Bonchev–Trinajstić information content (AvgIpc) is 3.77. The lowest BCUT2D eigenvalue weighted by molar-refractivity contribution is 0.108. The summed E-state index contributed by atoms with van der Waals surface area (Å²) in [7, 11) is 0. The van der Waals surface area contributed by atoms with E-state index in [0.29, 0.717) is 18.0 Å².